The van der Waals surface area contributed by atoms with Crippen molar-refractivity contribution in [2.24, 2.45) is 5.92 Å². The van der Waals surface area contributed by atoms with Gasteiger partial charge in [-0.1, -0.05) is 0 Å². The van der Waals surface area contributed by atoms with Crippen LogP contribution in [-0.2, 0) is 9.59 Å². The molecule has 7 nitrogen and oxygen atoms in total. The number of carboxylic acid groups (broad SMARTS) is 1. The number of carboxylic acids is 1. The number of aliphatic carboxylic acids is 1. The average molecular weight is 269 g/mol. The Hall–Kier alpha value is -1.79. The molecule has 19 heavy (non-hydrogen) atoms. The van der Waals surface area contributed by atoms with Crippen molar-refractivity contribution in [2.45, 2.75) is 38.3 Å². The molecule has 2 rings (SSSR count). The Balaban J connectivity index is 1.88. The van der Waals surface area contributed by atoms with E-state index in [0.29, 0.717) is 19.5 Å². The topological polar surface area (TPSA) is 98.7 Å². The molecular weight excluding hydrogens is 250 g/mol. The minimum absolute atomic E-state index is 0.0821. The van der Waals surface area contributed by atoms with Crippen molar-refractivity contribution in [3.05, 3.63) is 0 Å². The van der Waals surface area contributed by atoms with E-state index < -0.39 is 12.0 Å². The Labute approximate surface area is 111 Å². The Bertz CT molecular complexity index is 398. The number of urea groups is 1. The highest BCUT2D eigenvalue weighted by Crippen LogP contribution is 2.25. The molecule has 0 saturated carbocycles. The standard InChI is InChI=1S/C12H19N3O4/c1-7(11(17)18)13-12(19)15-5-4-9-8(6-15)2-3-10(16)14-9/h7-9H,2-6H2,1H3,(H,13,19)(H,14,16)(H,17,18)/t7-,8?,9?/m1/s1. The largest absolute Gasteiger partial charge is 0.480 e. The summed E-state index contributed by atoms with van der Waals surface area (Å²) in [5, 5.41) is 14.2. The van der Waals surface area contributed by atoms with Gasteiger partial charge in [-0.2, -0.15) is 0 Å². The molecule has 0 aromatic rings. The van der Waals surface area contributed by atoms with Crippen molar-refractivity contribution in [3.8, 4) is 0 Å². The number of nitrogens with zero attached hydrogens (tertiary/aromatic N) is 1. The average Bonchev–Trinajstić information content (AvgIpc) is 2.37. The van der Waals surface area contributed by atoms with E-state index in [2.05, 4.69) is 10.6 Å². The van der Waals surface area contributed by atoms with E-state index in [1.165, 1.54) is 6.92 Å². The Morgan fingerprint density at radius 3 is 2.89 bits per heavy atom. The first-order chi connectivity index (χ1) is 8.97. The monoisotopic (exact) mass is 269 g/mol. The van der Waals surface area contributed by atoms with Gasteiger partial charge in [0.2, 0.25) is 5.91 Å². The lowest BCUT2D eigenvalue weighted by atomic mass is 9.85. The van der Waals surface area contributed by atoms with Gasteiger partial charge in [0.1, 0.15) is 6.04 Å². The fraction of sp³-hybridized carbons (Fsp3) is 0.750. The molecular formula is C12H19N3O4. The zero-order valence-electron chi connectivity index (χ0n) is 10.9. The SMILES string of the molecule is C[C@@H](NC(=O)N1CCC2NC(=O)CCC2C1)C(=O)O. The summed E-state index contributed by atoms with van der Waals surface area (Å²) in [7, 11) is 0. The van der Waals surface area contributed by atoms with Crippen LogP contribution < -0.4 is 10.6 Å². The van der Waals surface area contributed by atoms with Crippen LogP contribution in [0.5, 0.6) is 0 Å². The van der Waals surface area contributed by atoms with E-state index in [4.69, 9.17) is 5.11 Å². The molecule has 0 spiro atoms. The van der Waals surface area contributed by atoms with Gasteiger partial charge in [-0.05, 0) is 25.7 Å². The van der Waals surface area contributed by atoms with Crippen molar-refractivity contribution in [1.82, 2.24) is 15.5 Å². The molecule has 3 amide bonds. The lowest BCUT2D eigenvalue weighted by Gasteiger charge is -2.41. The third-order valence-electron chi connectivity index (χ3n) is 3.82. The molecule has 2 saturated heterocycles. The molecule has 0 bridgehead atoms. The second kappa shape index (κ2) is 5.46. The predicted molar refractivity (Wildman–Crippen MR) is 66.5 cm³/mol. The van der Waals surface area contributed by atoms with Gasteiger partial charge >= 0.3 is 12.0 Å². The number of piperidine rings is 2. The van der Waals surface area contributed by atoms with Gasteiger partial charge in [0.05, 0.1) is 0 Å². The van der Waals surface area contributed by atoms with Gasteiger partial charge in [0.25, 0.3) is 0 Å². The molecule has 106 valence electrons. The number of rotatable bonds is 2. The molecule has 2 aliphatic rings. The minimum atomic E-state index is -1.05. The quantitative estimate of drug-likeness (QED) is 0.645. The van der Waals surface area contributed by atoms with E-state index in [-0.39, 0.29) is 23.9 Å². The fourth-order valence-corrected chi connectivity index (χ4v) is 2.63. The summed E-state index contributed by atoms with van der Waals surface area (Å²) in [6, 6.07) is -1.08. The highest BCUT2D eigenvalue weighted by atomic mass is 16.4. The normalized spacial score (nSPS) is 28.1. The lowest BCUT2D eigenvalue weighted by Crippen LogP contribution is -2.57. The van der Waals surface area contributed by atoms with Crippen molar-refractivity contribution < 1.29 is 19.5 Å². The van der Waals surface area contributed by atoms with Crippen LogP contribution in [0.25, 0.3) is 0 Å². The highest BCUT2D eigenvalue weighted by molar-refractivity contribution is 5.82. The summed E-state index contributed by atoms with van der Waals surface area (Å²) in [6.45, 7) is 2.55. The van der Waals surface area contributed by atoms with Crippen LogP contribution >= 0.6 is 0 Å². The van der Waals surface area contributed by atoms with Gasteiger partial charge < -0.3 is 20.6 Å². The molecule has 0 radical (unpaired) electrons. The third-order valence-corrected chi connectivity index (χ3v) is 3.82. The van der Waals surface area contributed by atoms with Gasteiger partial charge in [-0.3, -0.25) is 9.59 Å². The summed E-state index contributed by atoms with van der Waals surface area (Å²) >= 11 is 0. The molecule has 0 aromatic heterocycles. The summed E-state index contributed by atoms with van der Waals surface area (Å²) in [5.41, 5.74) is 0. The first-order valence-corrected chi connectivity index (χ1v) is 6.55. The first kappa shape index (κ1) is 13.6. The lowest BCUT2D eigenvalue weighted by molar-refractivity contribution is -0.138. The number of nitrogens with one attached hydrogen (secondary N) is 2. The van der Waals surface area contributed by atoms with Crippen LogP contribution in [0.4, 0.5) is 4.79 Å². The summed E-state index contributed by atoms with van der Waals surface area (Å²) in [6.07, 6.45) is 2.02. The highest BCUT2D eigenvalue weighted by Gasteiger charge is 2.35. The van der Waals surface area contributed by atoms with Crippen LogP contribution in [-0.4, -0.2) is 53.1 Å². The maximum Gasteiger partial charge on any atom is 0.325 e. The molecule has 2 fully saturated rings. The van der Waals surface area contributed by atoms with Crippen LogP contribution in [0.1, 0.15) is 26.2 Å². The molecule has 7 heteroatoms. The summed E-state index contributed by atoms with van der Waals surface area (Å²) in [5.74, 6) is -0.691. The number of carbonyl (C=O) groups is 3. The Kier molecular flexibility index (Phi) is 3.92. The zero-order chi connectivity index (χ0) is 14.0. The smallest absolute Gasteiger partial charge is 0.325 e. The predicted octanol–water partition coefficient (Wildman–Crippen LogP) is -0.230. The van der Waals surface area contributed by atoms with Crippen LogP contribution in [0, 0.1) is 5.92 Å². The van der Waals surface area contributed by atoms with Crippen LogP contribution in [0.15, 0.2) is 0 Å². The number of hydrogen-bond donors (Lipinski definition) is 3. The Morgan fingerprint density at radius 1 is 1.47 bits per heavy atom. The van der Waals surface area contributed by atoms with Crippen molar-refractivity contribution in [2.75, 3.05) is 13.1 Å². The van der Waals surface area contributed by atoms with Crippen LogP contribution in [0.2, 0.25) is 0 Å². The van der Waals surface area contributed by atoms with E-state index in [1.54, 1.807) is 4.90 Å². The van der Waals surface area contributed by atoms with Crippen molar-refractivity contribution >= 4 is 17.9 Å². The van der Waals surface area contributed by atoms with E-state index >= 15 is 0 Å². The number of fused-ring (bicyclic) bond motifs is 1. The number of hydrogen-bond acceptors (Lipinski definition) is 3. The van der Waals surface area contributed by atoms with Crippen molar-refractivity contribution in [1.29, 1.82) is 0 Å². The van der Waals surface area contributed by atoms with Gasteiger partial charge in [-0.15, -0.1) is 0 Å². The second-order valence-corrected chi connectivity index (χ2v) is 5.22. The molecule has 0 aromatic carbocycles. The first-order valence-electron chi connectivity index (χ1n) is 6.55. The second-order valence-electron chi connectivity index (χ2n) is 5.22. The van der Waals surface area contributed by atoms with Gasteiger partial charge in [-0.25, -0.2) is 4.79 Å². The third kappa shape index (κ3) is 3.15. The molecule has 2 heterocycles. The number of likely N-dealkylation sites (tertiary alicyclic amines) is 1. The van der Waals surface area contributed by atoms with Gasteiger partial charge in [0, 0.05) is 25.6 Å². The zero-order valence-corrected chi connectivity index (χ0v) is 10.9. The van der Waals surface area contributed by atoms with E-state index in [0.717, 1.165) is 12.8 Å². The Morgan fingerprint density at radius 2 is 2.21 bits per heavy atom. The summed E-state index contributed by atoms with van der Waals surface area (Å²) in [4.78, 5) is 35.5. The molecule has 3 atom stereocenters. The van der Waals surface area contributed by atoms with Crippen LogP contribution in [0.3, 0.4) is 0 Å². The fourth-order valence-electron chi connectivity index (χ4n) is 2.63. The summed E-state index contributed by atoms with van der Waals surface area (Å²) < 4.78 is 0. The molecule has 0 aliphatic carbocycles. The van der Waals surface area contributed by atoms with E-state index in [1.807, 2.05) is 0 Å². The maximum atomic E-state index is 11.9. The number of amides is 3. The molecule has 2 unspecified atom stereocenters. The maximum absolute atomic E-state index is 11.9. The minimum Gasteiger partial charge on any atom is -0.480 e. The molecule has 2 aliphatic heterocycles. The van der Waals surface area contributed by atoms with E-state index in [9.17, 15) is 14.4 Å². The number of carbonyl (C=O) groups excluding carboxylic acids is 2. The molecule has 3 N–H and O–H groups in total. The van der Waals surface area contributed by atoms with Crippen molar-refractivity contribution in [3.63, 3.8) is 0 Å². The van der Waals surface area contributed by atoms with Gasteiger partial charge in [0.15, 0.2) is 0 Å².